The van der Waals surface area contributed by atoms with E-state index in [0.29, 0.717) is 18.0 Å². The zero-order valence-electron chi connectivity index (χ0n) is 14.0. The Morgan fingerprint density at radius 1 is 1.04 bits per heavy atom. The summed E-state index contributed by atoms with van der Waals surface area (Å²) in [5.74, 6) is 0. The van der Waals surface area contributed by atoms with E-state index in [9.17, 15) is 8.42 Å². The van der Waals surface area contributed by atoms with Crippen LogP contribution in [-0.4, -0.2) is 59.9 Å². The molecule has 0 unspecified atom stereocenters. The fourth-order valence-electron chi connectivity index (χ4n) is 2.92. The molecule has 1 aromatic carbocycles. The van der Waals surface area contributed by atoms with Crippen molar-refractivity contribution in [3.05, 3.63) is 48.5 Å². The number of imidazole rings is 1. The molecule has 0 saturated carbocycles. The van der Waals surface area contributed by atoms with Crippen molar-refractivity contribution in [3.8, 4) is 0 Å². The molecule has 0 bridgehead atoms. The van der Waals surface area contributed by atoms with Gasteiger partial charge in [0.25, 0.3) is 0 Å². The van der Waals surface area contributed by atoms with Crippen LogP contribution in [0.4, 0.5) is 0 Å². The molecule has 1 fully saturated rings. The van der Waals surface area contributed by atoms with Gasteiger partial charge in [-0.1, -0.05) is 19.1 Å². The third-order valence-corrected chi connectivity index (χ3v) is 6.45. The molecule has 0 aliphatic carbocycles. The first-order chi connectivity index (χ1) is 11.6. The Kier molecular flexibility index (Phi) is 5.33. The fourth-order valence-corrected chi connectivity index (χ4v) is 4.34. The summed E-state index contributed by atoms with van der Waals surface area (Å²) in [7, 11) is -3.38. The average Bonchev–Trinajstić information content (AvgIpc) is 3.14. The molecule has 0 spiro atoms. The molecule has 1 saturated heterocycles. The maximum Gasteiger partial charge on any atom is 0.243 e. The zero-order chi connectivity index (χ0) is 17.0. The van der Waals surface area contributed by atoms with Crippen molar-refractivity contribution < 1.29 is 8.42 Å². The number of hydrogen-bond acceptors (Lipinski definition) is 4. The number of piperazine rings is 1. The second-order valence-electron chi connectivity index (χ2n) is 6.04. The largest absolute Gasteiger partial charge is 0.336 e. The van der Waals surface area contributed by atoms with E-state index in [0.717, 1.165) is 38.2 Å². The van der Waals surface area contributed by atoms with Gasteiger partial charge in [-0.2, -0.15) is 4.31 Å². The Hall–Kier alpha value is -1.70. The van der Waals surface area contributed by atoms with Gasteiger partial charge >= 0.3 is 0 Å². The van der Waals surface area contributed by atoms with Crippen LogP contribution < -0.4 is 0 Å². The predicted molar refractivity (Wildman–Crippen MR) is 93.2 cm³/mol. The molecule has 0 N–H and O–H groups in total. The number of rotatable bonds is 6. The summed E-state index contributed by atoms with van der Waals surface area (Å²) in [6.45, 7) is 6.47. The molecule has 2 aromatic rings. The summed E-state index contributed by atoms with van der Waals surface area (Å²) in [5.41, 5.74) is 1.15. The maximum atomic E-state index is 12.7. The van der Waals surface area contributed by atoms with Gasteiger partial charge in [-0.3, -0.25) is 4.90 Å². The van der Waals surface area contributed by atoms with Gasteiger partial charge in [-0.15, -0.1) is 0 Å². The highest BCUT2D eigenvalue weighted by molar-refractivity contribution is 7.89. The van der Waals surface area contributed by atoms with Gasteiger partial charge in [0, 0.05) is 51.7 Å². The van der Waals surface area contributed by atoms with Gasteiger partial charge in [-0.05, 0) is 24.1 Å². The smallest absolute Gasteiger partial charge is 0.243 e. The number of sulfonamides is 1. The van der Waals surface area contributed by atoms with Crippen molar-refractivity contribution in [2.45, 2.75) is 24.8 Å². The predicted octanol–water partition coefficient (Wildman–Crippen LogP) is 1.45. The standard InChI is InChI=1S/C17H24N4O2S/c1-2-16-3-5-17(6-4-16)24(22,23)21-13-11-19(12-14-21)9-10-20-8-7-18-15-20/h3-8,15H,2,9-14H2,1H3. The summed E-state index contributed by atoms with van der Waals surface area (Å²) in [6, 6.07) is 7.24. The van der Waals surface area contributed by atoms with Crippen LogP contribution in [-0.2, 0) is 23.0 Å². The molecule has 0 amide bonds. The lowest BCUT2D eigenvalue weighted by atomic mass is 10.2. The highest BCUT2D eigenvalue weighted by atomic mass is 32.2. The molecule has 1 aliphatic heterocycles. The SMILES string of the molecule is CCc1ccc(S(=O)(=O)N2CCN(CCn3ccnc3)CC2)cc1. The minimum absolute atomic E-state index is 0.395. The molecule has 6 nitrogen and oxygen atoms in total. The fraction of sp³-hybridized carbons (Fsp3) is 0.471. The number of aromatic nitrogens is 2. The van der Waals surface area contributed by atoms with Crippen LogP contribution in [0.5, 0.6) is 0 Å². The van der Waals surface area contributed by atoms with E-state index in [2.05, 4.69) is 16.8 Å². The summed E-state index contributed by atoms with van der Waals surface area (Å²) in [6.07, 6.45) is 6.44. The van der Waals surface area contributed by atoms with E-state index >= 15 is 0 Å². The lowest BCUT2D eigenvalue weighted by Crippen LogP contribution is -2.49. The van der Waals surface area contributed by atoms with E-state index in [4.69, 9.17) is 0 Å². The van der Waals surface area contributed by atoms with Crippen LogP contribution in [0, 0.1) is 0 Å². The highest BCUT2D eigenvalue weighted by Gasteiger charge is 2.28. The van der Waals surface area contributed by atoms with Gasteiger partial charge in [0.2, 0.25) is 10.0 Å². The molecule has 2 heterocycles. The first-order valence-electron chi connectivity index (χ1n) is 8.37. The second kappa shape index (κ2) is 7.46. The first-order valence-corrected chi connectivity index (χ1v) is 9.81. The van der Waals surface area contributed by atoms with Gasteiger partial charge in [-0.25, -0.2) is 13.4 Å². The summed E-state index contributed by atoms with van der Waals surface area (Å²) in [5, 5.41) is 0. The van der Waals surface area contributed by atoms with Crippen molar-refractivity contribution in [2.75, 3.05) is 32.7 Å². The minimum atomic E-state index is -3.38. The monoisotopic (exact) mass is 348 g/mol. The normalized spacial score (nSPS) is 17.2. The Morgan fingerprint density at radius 3 is 2.33 bits per heavy atom. The van der Waals surface area contributed by atoms with Gasteiger partial charge in [0.15, 0.2) is 0 Å². The van der Waals surface area contributed by atoms with Gasteiger partial charge in [0.1, 0.15) is 0 Å². The quantitative estimate of drug-likeness (QED) is 0.793. The molecule has 3 rings (SSSR count). The number of aryl methyl sites for hydroxylation is 1. The Bertz CT molecular complexity index is 733. The van der Waals surface area contributed by atoms with Gasteiger partial charge in [0.05, 0.1) is 11.2 Å². The Labute approximate surface area is 143 Å². The molecule has 24 heavy (non-hydrogen) atoms. The average molecular weight is 348 g/mol. The minimum Gasteiger partial charge on any atom is -0.336 e. The summed E-state index contributed by atoms with van der Waals surface area (Å²) >= 11 is 0. The van der Waals surface area contributed by atoms with Gasteiger partial charge < -0.3 is 4.57 Å². The molecule has 130 valence electrons. The zero-order valence-corrected chi connectivity index (χ0v) is 14.8. The van der Waals surface area contributed by atoms with Crippen LogP contribution >= 0.6 is 0 Å². The molecule has 0 radical (unpaired) electrons. The number of benzene rings is 1. The van der Waals surface area contributed by atoms with Crippen LogP contribution in [0.1, 0.15) is 12.5 Å². The molecular weight excluding hydrogens is 324 g/mol. The van der Waals surface area contributed by atoms with E-state index in [1.165, 1.54) is 0 Å². The topological polar surface area (TPSA) is 58.4 Å². The molecular formula is C17H24N4O2S. The van der Waals surface area contributed by atoms with E-state index in [1.807, 2.05) is 22.9 Å². The molecule has 1 aromatic heterocycles. The lowest BCUT2D eigenvalue weighted by molar-refractivity contribution is 0.183. The van der Waals surface area contributed by atoms with Crippen molar-refractivity contribution in [3.63, 3.8) is 0 Å². The van der Waals surface area contributed by atoms with Crippen LogP contribution in [0.3, 0.4) is 0 Å². The van der Waals surface area contributed by atoms with E-state index < -0.39 is 10.0 Å². The van der Waals surface area contributed by atoms with Crippen LogP contribution in [0.2, 0.25) is 0 Å². The van der Waals surface area contributed by atoms with Crippen LogP contribution in [0.15, 0.2) is 47.9 Å². The third kappa shape index (κ3) is 3.85. The Morgan fingerprint density at radius 2 is 1.75 bits per heavy atom. The lowest BCUT2D eigenvalue weighted by Gasteiger charge is -2.34. The third-order valence-electron chi connectivity index (χ3n) is 4.53. The van der Waals surface area contributed by atoms with Crippen molar-refractivity contribution in [1.82, 2.24) is 18.8 Å². The number of hydrogen-bond donors (Lipinski definition) is 0. The van der Waals surface area contributed by atoms with Crippen molar-refractivity contribution in [1.29, 1.82) is 0 Å². The first kappa shape index (κ1) is 17.1. The van der Waals surface area contributed by atoms with Crippen molar-refractivity contribution in [2.24, 2.45) is 0 Å². The molecule has 0 atom stereocenters. The molecule has 7 heteroatoms. The Balaban J connectivity index is 1.56. The van der Waals surface area contributed by atoms with Crippen molar-refractivity contribution >= 4 is 10.0 Å². The highest BCUT2D eigenvalue weighted by Crippen LogP contribution is 2.18. The maximum absolute atomic E-state index is 12.7. The number of nitrogens with zero attached hydrogens (tertiary/aromatic N) is 4. The van der Waals surface area contributed by atoms with Crippen LogP contribution in [0.25, 0.3) is 0 Å². The second-order valence-corrected chi connectivity index (χ2v) is 7.98. The summed E-state index contributed by atoms with van der Waals surface area (Å²) in [4.78, 5) is 6.73. The summed E-state index contributed by atoms with van der Waals surface area (Å²) < 4.78 is 29.1. The van der Waals surface area contributed by atoms with E-state index in [1.54, 1.807) is 29.0 Å². The van der Waals surface area contributed by atoms with E-state index in [-0.39, 0.29) is 0 Å². The molecule has 1 aliphatic rings.